The van der Waals surface area contributed by atoms with Crippen LogP contribution in [0.3, 0.4) is 0 Å². The summed E-state index contributed by atoms with van der Waals surface area (Å²) in [5.41, 5.74) is 1.12. The Bertz CT molecular complexity index is 850. The molecule has 1 aromatic carbocycles. The standard InChI is InChI=1S/C16H16N2O4S/c1-10-11(2)22-15-13(10)6-3-7-14(15)16(19)18-23(20,21)12-5-4-8-17-9-12/h3-11H,1-2H3,(H,18,19)/t10-,11+/m1/s1. The van der Waals surface area contributed by atoms with Crippen molar-refractivity contribution in [1.29, 1.82) is 0 Å². The topological polar surface area (TPSA) is 85.4 Å². The number of amides is 1. The van der Waals surface area contributed by atoms with E-state index >= 15 is 0 Å². The predicted molar refractivity (Wildman–Crippen MR) is 83.8 cm³/mol. The Kier molecular flexibility index (Phi) is 3.81. The van der Waals surface area contributed by atoms with Crippen LogP contribution in [-0.2, 0) is 10.0 Å². The molecule has 1 N–H and O–H groups in total. The van der Waals surface area contributed by atoms with Crippen LogP contribution < -0.4 is 9.46 Å². The first-order valence-corrected chi connectivity index (χ1v) is 8.65. The molecule has 3 rings (SSSR count). The molecule has 6 nitrogen and oxygen atoms in total. The first-order chi connectivity index (χ1) is 10.9. The molecule has 2 heterocycles. The molecule has 1 aromatic heterocycles. The molecule has 1 amide bonds. The lowest BCUT2D eigenvalue weighted by molar-refractivity contribution is 0.0976. The Labute approximate surface area is 134 Å². The van der Waals surface area contributed by atoms with Gasteiger partial charge in [-0.05, 0) is 25.1 Å². The summed E-state index contributed by atoms with van der Waals surface area (Å²) in [5.74, 6) is -0.119. The number of sulfonamides is 1. The number of fused-ring (bicyclic) bond motifs is 1. The highest BCUT2D eigenvalue weighted by molar-refractivity contribution is 7.90. The number of para-hydroxylation sites is 1. The molecule has 0 radical (unpaired) electrons. The van der Waals surface area contributed by atoms with Gasteiger partial charge in [0.05, 0.1) is 5.56 Å². The first kappa shape index (κ1) is 15.5. The highest BCUT2D eigenvalue weighted by atomic mass is 32.2. The number of aromatic nitrogens is 1. The lowest BCUT2D eigenvalue weighted by Gasteiger charge is -2.10. The number of ether oxygens (including phenoxy) is 1. The number of hydrogen-bond donors (Lipinski definition) is 1. The van der Waals surface area contributed by atoms with E-state index in [1.807, 2.05) is 19.9 Å². The number of rotatable bonds is 3. The van der Waals surface area contributed by atoms with Crippen molar-refractivity contribution in [1.82, 2.24) is 9.71 Å². The third-order valence-corrected chi connectivity index (χ3v) is 5.28. The third kappa shape index (κ3) is 2.79. The molecule has 2 atom stereocenters. The molecule has 23 heavy (non-hydrogen) atoms. The number of nitrogens with one attached hydrogen (secondary N) is 1. The van der Waals surface area contributed by atoms with E-state index in [9.17, 15) is 13.2 Å². The molecule has 120 valence electrons. The van der Waals surface area contributed by atoms with Crippen molar-refractivity contribution >= 4 is 15.9 Å². The Morgan fingerprint density at radius 2 is 2.00 bits per heavy atom. The van der Waals surface area contributed by atoms with Gasteiger partial charge < -0.3 is 4.74 Å². The van der Waals surface area contributed by atoms with E-state index in [1.165, 1.54) is 24.5 Å². The van der Waals surface area contributed by atoms with E-state index in [1.54, 1.807) is 12.1 Å². The van der Waals surface area contributed by atoms with E-state index in [4.69, 9.17) is 4.74 Å². The molecule has 2 aromatic rings. The van der Waals surface area contributed by atoms with Crippen LogP contribution in [0.1, 0.15) is 35.7 Å². The van der Waals surface area contributed by atoms with Crippen LogP contribution in [0, 0.1) is 0 Å². The van der Waals surface area contributed by atoms with Crippen LogP contribution in [0.25, 0.3) is 0 Å². The monoisotopic (exact) mass is 332 g/mol. The summed E-state index contributed by atoms with van der Waals surface area (Å²) in [4.78, 5) is 16.1. The number of pyridine rings is 1. The average Bonchev–Trinajstić information content (AvgIpc) is 2.83. The van der Waals surface area contributed by atoms with Gasteiger partial charge in [-0.2, -0.15) is 0 Å². The minimum absolute atomic E-state index is 0.0612. The largest absolute Gasteiger partial charge is 0.489 e. The maximum absolute atomic E-state index is 12.4. The zero-order valence-electron chi connectivity index (χ0n) is 12.7. The van der Waals surface area contributed by atoms with Gasteiger partial charge in [-0.1, -0.05) is 19.1 Å². The second-order valence-electron chi connectivity index (χ2n) is 5.46. The van der Waals surface area contributed by atoms with Gasteiger partial charge in [0.25, 0.3) is 15.9 Å². The van der Waals surface area contributed by atoms with Gasteiger partial charge in [0.1, 0.15) is 16.7 Å². The van der Waals surface area contributed by atoms with E-state index < -0.39 is 15.9 Å². The summed E-state index contributed by atoms with van der Waals surface area (Å²) in [5, 5.41) is 0. The van der Waals surface area contributed by atoms with Crippen molar-refractivity contribution < 1.29 is 17.9 Å². The maximum Gasteiger partial charge on any atom is 0.268 e. The Morgan fingerprint density at radius 1 is 1.22 bits per heavy atom. The molecule has 0 bridgehead atoms. The fourth-order valence-electron chi connectivity index (χ4n) is 2.51. The lowest BCUT2D eigenvalue weighted by atomic mass is 9.97. The van der Waals surface area contributed by atoms with Gasteiger partial charge in [-0.3, -0.25) is 9.78 Å². The molecule has 0 spiro atoms. The molecular weight excluding hydrogens is 316 g/mol. The summed E-state index contributed by atoms with van der Waals surface area (Å²) in [6.45, 7) is 3.92. The fourth-order valence-corrected chi connectivity index (χ4v) is 3.44. The SMILES string of the molecule is C[C@@H]1Oc2c(C(=O)NS(=O)(=O)c3cccnc3)cccc2[C@@H]1C. The van der Waals surface area contributed by atoms with Crippen molar-refractivity contribution in [2.75, 3.05) is 0 Å². The fraction of sp³-hybridized carbons (Fsp3) is 0.250. The average molecular weight is 332 g/mol. The highest BCUT2D eigenvalue weighted by Crippen LogP contribution is 2.40. The van der Waals surface area contributed by atoms with E-state index in [2.05, 4.69) is 9.71 Å². The maximum atomic E-state index is 12.4. The molecule has 0 saturated heterocycles. The third-order valence-electron chi connectivity index (χ3n) is 3.96. The van der Waals surface area contributed by atoms with Gasteiger partial charge >= 0.3 is 0 Å². The van der Waals surface area contributed by atoms with Crippen molar-refractivity contribution in [2.24, 2.45) is 0 Å². The van der Waals surface area contributed by atoms with Crippen molar-refractivity contribution in [3.05, 3.63) is 53.9 Å². The zero-order valence-corrected chi connectivity index (χ0v) is 13.5. The van der Waals surface area contributed by atoms with Crippen LogP contribution in [0.2, 0.25) is 0 Å². The predicted octanol–water partition coefficient (Wildman–Crippen LogP) is 2.08. The molecular formula is C16H16N2O4S. The second-order valence-corrected chi connectivity index (χ2v) is 7.14. The Hall–Kier alpha value is -2.41. The summed E-state index contributed by atoms with van der Waals surface area (Å²) < 4.78 is 32.2. The van der Waals surface area contributed by atoms with Gasteiger partial charge in [0.15, 0.2) is 0 Å². The van der Waals surface area contributed by atoms with E-state index in [0.29, 0.717) is 5.75 Å². The van der Waals surface area contributed by atoms with Crippen LogP contribution in [0.15, 0.2) is 47.6 Å². The van der Waals surface area contributed by atoms with Crippen LogP contribution in [0.5, 0.6) is 5.75 Å². The minimum atomic E-state index is -3.97. The summed E-state index contributed by atoms with van der Waals surface area (Å²) >= 11 is 0. The highest BCUT2D eigenvalue weighted by Gasteiger charge is 2.32. The quantitative estimate of drug-likeness (QED) is 0.930. The van der Waals surface area contributed by atoms with Crippen molar-refractivity contribution in [3.8, 4) is 5.75 Å². The molecule has 0 fully saturated rings. The first-order valence-electron chi connectivity index (χ1n) is 7.17. The van der Waals surface area contributed by atoms with E-state index in [0.717, 1.165) is 5.56 Å². The zero-order chi connectivity index (χ0) is 16.6. The van der Waals surface area contributed by atoms with Gasteiger partial charge in [0, 0.05) is 23.9 Å². The van der Waals surface area contributed by atoms with Gasteiger partial charge in [0.2, 0.25) is 0 Å². The van der Waals surface area contributed by atoms with Gasteiger partial charge in [-0.15, -0.1) is 0 Å². The number of carbonyl (C=O) groups excluding carboxylic acids is 1. The Morgan fingerprint density at radius 3 is 2.70 bits per heavy atom. The van der Waals surface area contributed by atoms with Crippen LogP contribution in [-0.4, -0.2) is 25.4 Å². The second kappa shape index (κ2) is 5.66. The minimum Gasteiger partial charge on any atom is -0.489 e. The molecule has 0 saturated carbocycles. The van der Waals surface area contributed by atoms with Crippen LogP contribution in [0.4, 0.5) is 0 Å². The molecule has 7 heteroatoms. The van der Waals surface area contributed by atoms with Gasteiger partial charge in [-0.25, -0.2) is 13.1 Å². The lowest BCUT2D eigenvalue weighted by Crippen LogP contribution is -2.31. The summed E-state index contributed by atoms with van der Waals surface area (Å²) in [6.07, 6.45) is 2.58. The summed E-state index contributed by atoms with van der Waals surface area (Å²) in [7, 11) is -3.97. The Balaban J connectivity index is 1.92. The number of hydrogen-bond acceptors (Lipinski definition) is 5. The number of benzene rings is 1. The number of nitrogens with zero attached hydrogens (tertiary/aromatic N) is 1. The van der Waals surface area contributed by atoms with Crippen LogP contribution >= 0.6 is 0 Å². The van der Waals surface area contributed by atoms with Crippen molar-refractivity contribution in [3.63, 3.8) is 0 Å². The summed E-state index contributed by atoms with van der Waals surface area (Å²) in [6, 6.07) is 8.03. The molecule has 1 aliphatic rings. The molecule has 0 unspecified atom stereocenters. The van der Waals surface area contributed by atoms with E-state index in [-0.39, 0.29) is 22.5 Å². The molecule has 0 aliphatic carbocycles. The number of carbonyl (C=O) groups is 1. The normalized spacial score (nSPS) is 19.7. The molecule has 1 aliphatic heterocycles. The smallest absolute Gasteiger partial charge is 0.268 e. The van der Waals surface area contributed by atoms with Crippen molar-refractivity contribution in [2.45, 2.75) is 30.8 Å².